The van der Waals surface area contributed by atoms with Gasteiger partial charge >= 0.3 is 0 Å². The number of aromatic nitrogens is 2. The second kappa shape index (κ2) is 7.31. The van der Waals surface area contributed by atoms with Crippen molar-refractivity contribution in [3.63, 3.8) is 0 Å². The fourth-order valence-corrected chi connectivity index (χ4v) is 1.31. The summed E-state index contributed by atoms with van der Waals surface area (Å²) in [6, 6.07) is 2.10. The van der Waals surface area contributed by atoms with Gasteiger partial charge in [-0.15, -0.1) is 0 Å². The fraction of sp³-hybridized carbons (Fsp3) is 0.636. The highest BCUT2D eigenvalue weighted by atomic mass is 16.5. The summed E-state index contributed by atoms with van der Waals surface area (Å²) in [5.74, 6) is 0. The molecule has 84 valence electrons. The van der Waals surface area contributed by atoms with Gasteiger partial charge in [0.25, 0.3) is 0 Å². The van der Waals surface area contributed by atoms with Crippen LogP contribution in [0.15, 0.2) is 18.6 Å². The van der Waals surface area contributed by atoms with Crippen LogP contribution in [0.1, 0.15) is 32.0 Å². The van der Waals surface area contributed by atoms with Crippen LogP contribution in [-0.4, -0.2) is 29.7 Å². The summed E-state index contributed by atoms with van der Waals surface area (Å²) in [5.41, 5.74) is 0.993. The maximum Gasteiger partial charge on any atom is 0.115 e. The minimum absolute atomic E-state index is 0.174. The van der Waals surface area contributed by atoms with E-state index in [2.05, 4.69) is 22.2 Å². The quantitative estimate of drug-likeness (QED) is 0.740. The van der Waals surface area contributed by atoms with Crippen LogP contribution in [0.3, 0.4) is 0 Å². The molecule has 0 amide bonds. The molecular weight excluding hydrogens is 190 g/mol. The zero-order valence-corrected chi connectivity index (χ0v) is 9.44. The molecule has 0 spiro atoms. The van der Waals surface area contributed by atoms with E-state index in [9.17, 15) is 0 Å². The molecule has 0 fully saturated rings. The Bertz CT molecular complexity index is 245. The third kappa shape index (κ3) is 4.36. The molecular formula is C11H19N3O. The van der Waals surface area contributed by atoms with Gasteiger partial charge in [-0.2, -0.15) is 0 Å². The van der Waals surface area contributed by atoms with Crippen molar-refractivity contribution in [2.75, 3.05) is 19.8 Å². The topological polar surface area (TPSA) is 47.0 Å². The molecule has 0 aliphatic rings. The van der Waals surface area contributed by atoms with Crippen molar-refractivity contribution in [3.8, 4) is 0 Å². The second-order valence-electron chi connectivity index (χ2n) is 3.30. The third-order valence-corrected chi connectivity index (χ3v) is 2.09. The zero-order chi connectivity index (χ0) is 10.9. The maximum absolute atomic E-state index is 5.42. The first-order valence-corrected chi connectivity index (χ1v) is 5.45. The highest BCUT2D eigenvalue weighted by Gasteiger charge is 2.11. The summed E-state index contributed by atoms with van der Waals surface area (Å²) in [7, 11) is 0. The molecule has 0 aliphatic heterocycles. The first-order valence-electron chi connectivity index (χ1n) is 5.45. The van der Waals surface area contributed by atoms with Gasteiger partial charge in [0.1, 0.15) is 6.33 Å². The molecule has 1 aromatic rings. The van der Waals surface area contributed by atoms with Gasteiger partial charge in [0.05, 0.1) is 18.3 Å². The highest BCUT2D eigenvalue weighted by molar-refractivity contribution is 5.04. The second-order valence-corrected chi connectivity index (χ2v) is 3.30. The Labute approximate surface area is 91.1 Å². The summed E-state index contributed by atoms with van der Waals surface area (Å²) in [5, 5.41) is 3.41. The molecule has 1 N–H and O–H groups in total. The van der Waals surface area contributed by atoms with Crippen LogP contribution >= 0.6 is 0 Å². The van der Waals surface area contributed by atoms with E-state index in [1.165, 1.54) is 0 Å². The van der Waals surface area contributed by atoms with Gasteiger partial charge in [-0.3, -0.25) is 0 Å². The van der Waals surface area contributed by atoms with Crippen LogP contribution in [0.5, 0.6) is 0 Å². The van der Waals surface area contributed by atoms with Gasteiger partial charge in [-0.05, 0) is 26.0 Å². The standard InChI is InChI=1S/C11H19N3O/c1-3-6-13-11(8-15-4-2)10-5-7-12-9-14-10/h5,7,9,11,13H,3-4,6,8H2,1-2H3. The van der Waals surface area contributed by atoms with Crippen LogP contribution in [0.4, 0.5) is 0 Å². The molecule has 0 saturated heterocycles. The number of hydrogen-bond acceptors (Lipinski definition) is 4. The van der Waals surface area contributed by atoms with Crippen molar-refractivity contribution < 1.29 is 4.74 Å². The first kappa shape index (κ1) is 12.1. The molecule has 0 radical (unpaired) electrons. The van der Waals surface area contributed by atoms with E-state index in [-0.39, 0.29) is 6.04 Å². The summed E-state index contributed by atoms with van der Waals surface area (Å²) in [6.07, 6.45) is 4.44. The van der Waals surface area contributed by atoms with Crippen molar-refractivity contribution in [3.05, 3.63) is 24.3 Å². The van der Waals surface area contributed by atoms with E-state index >= 15 is 0 Å². The van der Waals surface area contributed by atoms with Gasteiger partial charge in [0, 0.05) is 12.8 Å². The van der Waals surface area contributed by atoms with Crippen LogP contribution < -0.4 is 5.32 Å². The van der Waals surface area contributed by atoms with Crippen LogP contribution in [0.25, 0.3) is 0 Å². The average Bonchev–Trinajstić information content (AvgIpc) is 2.30. The minimum Gasteiger partial charge on any atom is -0.380 e. The Hall–Kier alpha value is -1.00. The van der Waals surface area contributed by atoms with E-state index in [1.807, 2.05) is 13.0 Å². The first-order chi connectivity index (χ1) is 7.38. The van der Waals surface area contributed by atoms with Gasteiger partial charge in [0.2, 0.25) is 0 Å². The van der Waals surface area contributed by atoms with E-state index in [1.54, 1.807) is 12.5 Å². The van der Waals surface area contributed by atoms with Crippen molar-refractivity contribution in [2.45, 2.75) is 26.3 Å². The van der Waals surface area contributed by atoms with E-state index in [0.29, 0.717) is 6.61 Å². The predicted molar refractivity (Wildman–Crippen MR) is 59.6 cm³/mol. The summed E-state index contributed by atoms with van der Waals surface area (Å²) >= 11 is 0. The number of ether oxygens (including phenoxy) is 1. The van der Waals surface area contributed by atoms with Gasteiger partial charge in [0.15, 0.2) is 0 Å². The molecule has 1 rings (SSSR count). The zero-order valence-electron chi connectivity index (χ0n) is 9.44. The highest BCUT2D eigenvalue weighted by Crippen LogP contribution is 2.08. The molecule has 0 aromatic carbocycles. The normalized spacial score (nSPS) is 12.7. The Morgan fingerprint density at radius 1 is 1.47 bits per heavy atom. The number of hydrogen-bond donors (Lipinski definition) is 1. The SMILES string of the molecule is CCCNC(COCC)c1ccncn1. The molecule has 0 saturated carbocycles. The van der Waals surface area contributed by atoms with Crippen molar-refractivity contribution in [1.82, 2.24) is 15.3 Å². The van der Waals surface area contributed by atoms with E-state index < -0.39 is 0 Å². The lowest BCUT2D eigenvalue weighted by molar-refractivity contribution is 0.122. The molecule has 4 heteroatoms. The van der Waals surface area contributed by atoms with Crippen LogP contribution in [0.2, 0.25) is 0 Å². The average molecular weight is 209 g/mol. The van der Waals surface area contributed by atoms with Gasteiger partial charge in [-0.1, -0.05) is 6.92 Å². The molecule has 0 aliphatic carbocycles. The Morgan fingerprint density at radius 2 is 2.33 bits per heavy atom. The molecule has 0 bridgehead atoms. The molecule has 1 atom stereocenters. The van der Waals surface area contributed by atoms with Crippen molar-refractivity contribution in [1.29, 1.82) is 0 Å². The van der Waals surface area contributed by atoms with Gasteiger partial charge < -0.3 is 10.1 Å². The Morgan fingerprint density at radius 3 is 2.93 bits per heavy atom. The van der Waals surface area contributed by atoms with Gasteiger partial charge in [-0.25, -0.2) is 9.97 Å². The fourth-order valence-electron chi connectivity index (χ4n) is 1.31. The Kier molecular flexibility index (Phi) is 5.88. The van der Waals surface area contributed by atoms with Crippen LogP contribution in [0, 0.1) is 0 Å². The lowest BCUT2D eigenvalue weighted by Crippen LogP contribution is -2.27. The molecule has 15 heavy (non-hydrogen) atoms. The Balaban J connectivity index is 2.55. The number of rotatable bonds is 7. The minimum atomic E-state index is 0.174. The monoisotopic (exact) mass is 209 g/mol. The van der Waals surface area contributed by atoms with Crippen LogP contribution in [-0.2, 0) is 4.74 Å². The number of nitrogens with zero attached hydrogens (tertiary/aromatic N) is 2. The maximum atomic E-state index is 5.42. The summed E-state index contributed by atoms with van der Waals surface area (Å²) in [4.78, 5) is 8.14. The third-order valence-electron chi connectivity index (χ3n) is 2.09. The van der Waals surface area contributed by atoms with Crippen molar-refractivity contribution in [2.24, 2.45) is 0 Å². The molecule has 1 heterocycles. The summed E-state index contributed by atoms with van der Waals surface area (Å²) < 4.78 is 5.42. The molecule has 1 aromatic heterocycles. The summed E-state index contributed by atoms with van der Waals surface area (Å²) in [6.45, 7) is 6.51. The lowest BCUT2D eigenvalue weighted by Gasteiger charge is -2.17. The largest absolute Gasteiger partial charge is 0.380 e. The van der Waals surface area contributed by atoms with Crippen molar-refractivity contribution >= 4 is 0 Å². The number of nitrogens with one attached hydrogen (secondary N) is 1. The predicted octanol–water partition coefficient (Wildman–Crippen LogP) is 1.55. The molecule has 4 nitrogen and oxygen atoms in total. The smallest absolute Gasteiger partial charge is 0.115 e. The lowest BCUT2D eigenvalue weighted by atomic mass is 10.2. The van der Waals surface area contributed by atoms with E-state index in [0.717, 1.165) is 25.3 Å². The van der Waals surface area contributed by atoms with E-state index in [4.69, 9.17) is 4.74 Å². The molecule has 1 unspecified atom stereocenters.